The Morgan fingerprint density at radius 1 is 0.565 bits per heavy atom. The number of anilines is 5. The fourth-order valence-electron chi connectivity index (χ4n) is 7.18. The predicted octanol–water partition coefficient (Wildman–Crippen LogP) is 8.08. The number of imide groups is 2. The molecule has 0 radical (unpaired) electrons. The minimum absolute atomic E-state index is 0.0311. The maximum absolute atomic E-state index is 14.1. The van der Waals surface area contributed by atoms with E-state index in [1.165, 1.54) is 38.2 Å². The third-order valence-corrected chi connectivity index (χ3v) is 11.8. The molecule has 0 saturated carbocycles. The molecule has 4 aromatic carbocycles. The molecule has 1 aromatic heterocycles. The van der Waals surface area contributed by atoms with Gasteiger partial charge in [0.2, 0.25) is 0 Å². The van der Waals surface area contributed by atoms with E-state index in [1.807, 2.05) is 12.1 Å². The van der Waals surface area contributed by atoms with Crippen molar-refractivity contribution in [2.45, 2.75) is 38.5 Å². The molecule has 4 amide bonds. The quantitative estimate of drug-likeness (QED) is 0.111. The summed E-state index contributed by atoms with van der Waals surface area (Å²) in [5.74, 6) is -1.24. The first-order chi connectivity index (χ1) is 22.1. The molecule has 8 rings (SSSR count). The van der Waals surface area contributed by atoms with Crippen LogP contribution in [0.4, 0.5) is 32.1 Å². The van der Waals surface area contributed by atoms with Crippen LogP contribution in [0, 0.1) is 0 Å². The van der Waals surface area contributed by atoms with Gasteiger partial charge in [-0.25, -0.2) is 0 Å². The summed E-state index contributed by atoms with van der Waals surface area (Å²) < 4.78 is 2.12. The van der Waals surface area contributed by atoms with Crippen molar-refractivity contribution in [3.8, 4) is 0 Å². The van der Waals surface area contributed by atoms with E-state index in [4.69, 9.17) is 0 Å². The summed E-state index contributed by atoms with van der Waals surface area (Å²) in [5.41, 5.74) is 7.72. The SMILES string of the molecule is CC1(C)c2ccccc2N2c3[se]c(C=C4C(=O)N(c5ccccc5)C(=O)N(c5ccccc5)C4=O)cc3C(C)(C)c3cccc1c32. The van der Waals surface area contributed by atoms with Crippen LogP contribution in [0.3, 0.4) is 0 Å². The van der Waals surface area contributed by atoms with Crippen LogP contribution in [0.1, 0.15) is 54.4 Å². The number of carbonyl (C=O) groups excluding carboxylic acids is 3. The summed E-state index contributed by atoms with van der Waals surface area (Å²) in [6, 6.07) is 34.3. The maximum atomic E-state index is 14.1. The number of hydrogen-bond acceptors (Lipinski definition) is 4. The Labute approximate surface area is 273 Å². The molecule has 0 N–H and O–H groups in total. The Bertz CT molecular complexity index is 2060. The van der Waals surface area contributed by atoms with Crippen molar-refractivity contribution in [2.24, 2.45) is 0 Å². The van der Waals surface area contributed by atoms with E-state index in [0.29, 0.717) is 11.4 Å². The van der Waals surface area contributed by atoms with Gasteiger partial charge >= 0.3 is 275 Å². The van der Waals surface area contributed by atoms with E-state index in [1.54, 1.807) is 54.6 Å². The first-order valence-corrected chi connectivity index (χ1v) is 17.0. The molecular weight excluding hydrogens is 637 g/mol. The van der Waals surface area contributed by atoms with Crippen molar-refractivity contribution < 1.29 is 14.4 Å². The van der Waals surface area contributed by atoms with Crippen LogP contribution in [-0.4, -0.2) is 32.3 Å². The van der Waals surface area contributed by atoms with Gasteiger partial charge in [-0.15, -0.1) is 0 Å². The molecule has 0 unspecified atom stereocenters. The number of benzene rings is 4. The first kappa shape index (κ1) is 28.5. The van der Waals surface area contributed by atoms with E-state index in [9.17, 15) is 14.4 Å². The normalized spacial score (nSPS) is 17.4. The number of amides is 4. The second kappa shape index (κ2) is 10.0. The van der Waals surface area contributed by atoms with Gasteiger partial charge in [-0.3, -0.25) is 0 Å². The molecule has 226 valence electrons. The summed E-state index contributed by atoms with van der Waals surface area (Å²) in [6.45, 7) is 9.11. The molecule has 3 aliphatic rings. The third-order valence-electron chi connectivity index (χ3n) is 9.60. The van der Waals surface area contributed by atoms with Gasteiger partial charge in [-0.1, -0.05) is 0 Å². The number of nitrogens with zero attached hydrogens (tertiary/aromatic N) is 3. The number of carbonyl (C=O) groups is 3. The monoisotopic (exact) mass is 669 g/mol. The van der Waals surface area contributed by atoms with Crippen molar-refractivity contribution in [1.82, 2.24) is 0 Å². The standard InChI is InChI=1S/C39H31N3O3Se/c1-38(2)28-18-11-12-21-32(28)42-33-29(38)19-13-20-30(33)39(3,4)31-23-26(46-36(31)42)22-27-34(43)40(24-14-7-5-8-15-24)37(45)41(35(27)44)25-16-9-6-10-17-25/h5-23H,1-4H3. The number of hydrogen-bond donors (Lipinski definition) is 0. The number of rotatable bonds is 3. The zero-order valence-electron chi connectivity index (χ0n) is 25.9. The molecule has 0 atom stereocenters. The van der Waals surface area contributed by atoms with Gasteiger partial charge in [-0.2, -0.15) is 0 Å². The van der Waals surface area contributed by atoms with Crippen molar-refractivity contribution in [2.75, 3.05) is 14.7 Å². The Balaban J connectivity index is 1.32. The molecule has 1 saturated heterocycles. The molecule has 4 heterocycles. The predicted molar refractivity (Wildman–Crippen MR) is 184 cm³/mol. The number of urea groups is 1. The number of fused-ring (bicyclic) bond motifs is 4. The summed E-state index contributed by atoms with van der Waals surface area (Å²) in [6.07, 6.45) is 1.72. The molecule has 46 heavy (non-hydrogen) atoms. The van der Waals surface area contributed by atoms with Crippen LogP contribution in [0.2, 0.25) is 0 Å². The van der Waals surface area contributed by atoms with Crippen molar-refractivity contribution in [3.63, 3.8) is 0 Å². The first-order valence-electron chi connectivity index (χ1n) is 15.3. The molecule has 3 aliphatic heterocycles. The fourth-order valence-corrected chi connectivity index (χ4v) is 9.87. The van der Waals surface area contributed by atoms with Gasteiger partial charge in [0.15, 0.2) is 0 Å². The van der Waals surface area contributed by atoms with Crippen LogP contribution in [-0.2, 0) is 20.4 Å². The zero-order valence-corrected chi connectivity index (χ0v) is 27.7. The van der Waals surface area contributed by atoms with E-state index in [2.05, 4.69) is 81.1 Å². The van der Waals surface area contributed by atoms with Crippen molar-refractivity contribution in [1.29, 1.82) is 0 Å². The van der Waals surface area contributed by atoms with Gasteiger partial charge in [-0.05, 0) is 0 Å². The van der Waals surface area contributed by atoms with Gasteiger partial charge in [0.05, 0.1) is 0 Å². The summed E-state index contributed by atoms with van der Waals surface area (Å²) in [5, 5.41) is 0. The van der Waals surface area contributed by atoms with E-state index in [-0.39, 0.29) is 30.9 Å². The van der Waals surface area contributed by atoms with Crippen molar-refractivity contribution >= 4 is 65.7 Å². The second-order valence-electron chi connectivity index (χ2n) is 13.0. The van der Waals surface area contributed by atoms with E-state index in [0.717, 1.165) is 14.2 Å². The average Bonchev–Trinajstić information content (AvgIpc) is 3.49. The van der Waals surface area contributed by atoms with Gasteiger partial charge in [0.25, 0.3) is 0 Å². The third kappa shape index (κ3) is 3.92. The van der Waals surface area contributed by atoms with Crippen LogP contribution in [0.5, 0.6) is 0 Å². The van der Waals surface area contributed by atoms with Crippen LogP contribution < -0.4 is 14.7 Å². The average molecular weight is 669 g/mol. The molecule has 0 spiro atoms. The Kier molecular flexibility index (Phi) is 6.20. The van der Waals surface area contributed by atoms with E-state index < -0.39 is 17.8 Å². The molecule has 0 aliphatic carbocycles. The number of para-hydroxylation sites is 4. The van der Waals surface area contributed by atoms with Crippen LogP contribution >= 0.6 is 0 Å². The Hall–Kier alpha value is -4.97. The molecular formula is C39H31N3O3Se. The second-order valence-corrected chi connectivity index (χ2v) is 15.2. The van der Waals surface area contributed by atoms with Gasteiger partial charge in [0.1, 0.15) is 0 Å². The van der Waals surface area contributed by atoms with Crippen LogP contribution in [0.25, 0.3) is 6.08 Å². The van der Waals surface area contributed by atoms with Crippen LogP contribution in [0.15, 0.2) is 115 Å². The molecule has 1 fully saturated rings. The van der Waals surface area contributed by atoms with Gasteiger partial charge in [0, 0.05) is 0 Å². The molecule has 5 aromatic rings. The topological polar surface area (TPSA) is 60.9 Å². The summed E-state index contributed by atoms with van der Waals surface area (Å²) in [4.78, 5) is 46.6. The summed E-state index contributed by atoms with van der Waals surface area (Å²) in [7, 11) is 0. The minimum atomic E-state index is -0.690. The molecule has 7 heteroatoms. The van der Waals surface area contributed by atoms with Crippen molar-refractivity contribution in [3.05, 3.63) is 141 Å². The summed E-state index contributed by atoms with van der Waals surface area (Å²) >= 11 is -0.226. The zero-order chi connectivity index (χ0) is 32.0. The Morgan fingerprint density at radius 2 is 1.07 bits per heavy atom. The molecule has 6 nitrogen and oxygen atoms in total. The van der Waals surface area contributed by atoms with E-state index >= 15 is 0 Å². The number of barbiturate groups is 1. The van der Waals surface area contributed by atoms with Gasteiger partial charge < -0.3 is 0 Å². The molecule has 0 bridgehead atoms. The fraction of sp³-hybridized carbons (Fsp3) is 0.154. The Morgan fingerprint density at radius 3 is 1.65 bits per heavy atom.